The minimum absolute atomic E-state index is 0.143. The van der Waals surface area contributed by atoms with Crippen LogP contribution in [-0.4, -0.2) is 55.7 Å². The van der Waals surface area contributed by atoms with Crippen LogP contribution >= 0.6 is 0 Å². The first-order valence-electron chi connectivity index (χ1n) is 10.2. The lowest BCUT2D eigenvalue weighted by molar-refractivity contribution is -0.120. The molecule has 1 aliphatic rings. The normalized spacial score (nSPS) is 13.9. The van der Waals surface area contributed by atoms with Crippen LogP contribution in [0.15, 0.2) is 54.2 Å². The van der Waals surface area contributed by atoms with E-state index in [9.17, 15) is 14.7 Å². The summed E-state index contributed by atoms with van der Waals surface area (Å²) in [5.74, 6) is 0.776. The van der Waals surface area contributed by atoms with Crippen molar-refractivity contribution in [3.63, 3.8) is 0 Å². The van der Waals surface area contributed by atoms with Crippen molar-refractivity contribution in [1.29, 1.82) is 0 Å². The summed E-state index contributed by atoms with van der Waals surface area (Å²) in [5, 5.41) is 9.39. The summed E-state index contributed by atoms with van der Waals surface area (Å²) < 4.78 is 11.0. The van der Waals surface area contributed by atoms with Crippen molar-refractivity contribution < 1.29 is 24.2 Å². The molecule has 0 radical (unpaired) electrons. The lowest BCUT2D eigenvalue weighted by atomic mass is 10.0. The Morgan fingerprint density at radius 3 is 2.35 bits per heavy atom. The molecular weight excluding hydrogens is 396 g/mol. The first-order valence-corrected chi connectivity index (χ1v) is 10.2. The summed E-state index contributed by atoms with van der Waals surface area (Å²) in [6.45, 7) is 4.81. The number of carbonyl (C=O) groups excluding carboxylic acids is 2. The average Bonchev–Trinajstić information content (AvgIpc) is 3.03. The van der Waals surface area contributed by atoms with Crippen LogP contribution in [0.3, 0.4) is 0 Å². The number of carbonyl (C=O) groups is 2. The fraction of sp³-hybridized carbons (Fsp3) is 0.333. The van der Waals surface area contributed by atoms with Crippen molar-refractivity contribution in [3.05, 3.63) is 59.8 Å². The summed E-state index contributed by atoms with van der Waals surface area (Å²) in [7, 11) is 3.21. The standard InChI is InChI=1S/C24H28N2O5/c1-16(2)15-31-19-10-8-17(9-11-19)21-22(25(3)12-13-27)24(29)26(23(21)28)18-6-5-7-20(14-18)30-4/h5-11,14,16,27H,12-13,15H2,1-4H3. The number of anilines is 1. The largest absolute Gasteiger partial charge is 0.497 e. The minimum atomic E-state index is -0.440. The van der Waals surface area contributed by atoms with Gasteiger partial charge in [-0.3, -0.25) is 9.59 Å². The number of benzene rings is 2. The first kappa shape index (κ1) is 22.4. The second-order valence-corrected chi connectivity index (χ2v) is 7.75. The SMILES string of the molecule is COc1cccc(N2C(=O)C(c3ccc(OCC(C)C)cc3)=C(N(C)CCO)C2=O)c1. The van der Waals surface area contributed by atoms with E-state index in [0.717, 1.165) is 4.90 Å². The zero-order valence-electron chi connectivity index (χ0n) is 18.3. The molecule has 3 rings (SSSR count). The van der Waals surface area contributed by atoms with E-state index < -0.39 is 11.8 Å². The lowest BCUT2D eigenvalue weighted by Gasteiger charge is -2.20. The molecule has 164 valence electrons. The van der Waals surface area contributed by atoms with Crippen molar-refractivity contribution in [2.24, 2.45) is 5.92 Å². The summed E-state index contributed by atoms with van der Waals surface area (Å²) in [6.07, 6.45) is 0. The summed E-state index contributed by atoms with van der Waals surface area (Å²) in [5.41, 5.74) is 1.58. The van der Waals surface area contributed by atoms with Crippen LogP contribution < -0.4 is 14.4 Å². The van der Waals surface area contributed by atoms with E-state index in [2.05, 4.69) is 13.8 Å². The molecule has 7 heteroatoms. The highest BCUT2D eigenvalue weighted by atomic mass is 16.5. The summed E-state index contributed by atoms with van der Waals surface area (Å²) in [6, 6.07) is 13.9. The van der Waals surface area contributed by atoms with Gasteiger partial charge >= 0.3 is 0 Å². The Balaban J connectivity index is 2.01. The van der Waals surface area contributed by atoms with Crippen LogP contribution in [0.2, 0.25) is 0 Å². The highest BCUT2D eigenvalue weighted by Crippen LogP contribution is 2.35. The number of amides is 2. The number of aliphatic hydroxyl groups excluding tert-OH is 1. The van der Waals surface area contributed by atoms with E-state index in [1.54, 1.807) is 60.5 Å². The third kappa shape index (κ3) is 4.72. The number of hydrogen-bond acceptors (Lipinski definition) is 6. The van der Waals surface area contributed by atoms with Crippen molar-refractivity contribution in [2.45, 2.75) is 13.8 Å². The quantitative estimate of drug-likeness (QED) is 0.624. The number of nitrogens with zero attached hydrogens (tertiary/aromatic N) is 2. The molecule has 0 bridgehead atoms. The van der Waals surface area contributed by atoms with Crippen molar-refractivity contribution in [3.8, 4) is 11.5 Å². The maximum absolute atomic E-state index is 13.4. The van der Waals surface area contributed by atoms with E-state index in [0.29, 0.717) is 40.8 Å². The van der Waals surface area contributed by atoms with E-state index >= 15 is 0 Å². The third-order valence-corrected chi connectivity index (χ3v) is 4.91. The lowest BCUT2D eigenvalue weighted by Crippen LogP contribution is -2.34. The topological polar surface area (TPSA) is 79.3 Å². The molecule has 0 saturated carbocycles. The molecule has 0 spiro atoms. The summed E-state index contributed by atoms with van der Waals surface area (Å²) >= 11 is 0. The number of likely N-dealkylation sites (N-methyl/N-ethyl adjacent to an activating group) is 1. The Bertz CT molecular complexity index is 982. The van der Waals surface area contributed by atoms with Gasteiger partial charge in [-0.25, -0.2) is 4.90 Å². The number of aliphatic hydroxyl groups is 1. The zero-order chi connectivity index (χ0) is 22.5. The number of methoxy groups -OCH3 is 1. The molecule has 0 aliphatic carbocycles. The van der Waals surface area contributed by atoms with Crippen LogP contribution in [0, 0.1) is 5.92 Å². The van der Waals surface area contributed by atoms with Gasteiger partial charge < -0.3 is 19.5 Å². The van der Waals surface area contributed by atoms with Gasteiger partial charge in [0, 0.05) is 19.7 Å². The monoisotopic (exact) mass is 424 g/mol. The number of hydrogen-bond donors (Lipinski definition) is 1. The molecule has 1 heterocycles. The average molecular weight is 424 g/mol. The molecule has 0 atom stereocenters. The van der Waals surface area contributed by atoms with Crippen LogP contribution in [-0.2, 0) is 9.59 Å². The number of imide groups is 1. The fourth-order valence-electron chi connectivity index (χ4n) is 3.36. The number of rotatable bonds is 9. The van der Waals surface area contributed by atoms with E-state index in [1.807, 2.05) is 0 Å². The van der Waals surface area contributed by atoms with Crippen molar-refractivity contribution in [2.75, 3.05) is 38.8 Å². The van der Waals surface area contributed by atoms with Gasteiger partial charge in [-0.05, 0) is 35.7 Å². The van der Waals surface area contributed by atoms with Crippen LogP contribution in [0.5, 0.6) is 11.5 Å². The molecule has 0 aromatic heterocycles. The fourth-order valence-corrected chi connectivity index (χ4v) is 3.36. The summed E-state index contributed by atoms with van der Waals surface area (Å²) in [4.78, 5) is 29.5. The van der Waals surface area contributed by atoms with Crippen LogP contribution in [0.25, 0.3) is 5.57 Å². The highest BCUT2D eigenvalue weighted by molar-refractivity contribution is 6.45. The molecule has 31 heavy (non-hydrogen) atoms. The van der Waals surface area contributed by atoms with E-state index in [1.165, 1.54) is 7.11 Å². The predicted octanol–water partition coefficient (Wildman–Crippen LogP) is 2.94. The van der Waals surface area contributed by atoms with Gasteiger partial charge in [-0.15, -0.1) is 0 Å². The molecule has 0 unspecified atom stereocenters. The Hall–Kier alpha value is -3.32. The van der Waals surface area contributed by atoms with Gasteiger partial charge in [0.1, 0.15) is 17.2 Å². The minimum Gasteiger partial charge on any atom is -0.497 e. The molecule has 1 N–H and O–H groups in total. The zero-order valence-corrected chi connectivity index (χ0v) is 18.3. The smallest absolute Gasteiger partial charge is 0.282 e. The van der Waals surface area contributed by atoms with Gasteiger partial charge in [0.05, 0.1) is 31.6 Å². The Kier molecular flexibility index (Phi) is 6.97. The number of ether oxygens (including phenoxy) is 2. The third-order valence-electron chi connectivity index (χ3n) is 4.91. The second-order valence-electron chi connectivity index (χ2n) is 7.75. The molecule has 2 amide bonds. The van der Waals surface area contributed by atoms with E-state index in [-0.39, 0.29) is 18.8 Å². The maximum atomic E-state index is 13.4. The molecule has 0 saturated heterocycles. The molecular formula is C24H28N2O5. The first-order chi connectivity index (χ1) is 14.9. The van der Waals surface area contributed by atoms with Gasteiger partial charge in [-0.2, -0.15) is 0 Å². The van der Waals surface area contributed by atoms with E-state index in [4.69, 9.17) is 9.47 Å². The molecule has 0 fully saturated rings. The van der Waals surface area contributed by atoms with Gasteiger partial charge in [0.15, 0.2) is 0 Å². The Morgan fingerprint density at radius 1 is 1.03 bits per heavy atom. The van der Waals surface area contributed by atoms with Crippen LogP contribution in [0.4, 0.5) is 5.69 Å². The molecule has 2 aromatic carbocycles. The molecule has 1 aliphatic heterocycles. The van der Waals surface area contributed by atoms with Gasteiger partial charge in [-0.1, -0.05) is 32.0 Å². The second kappa shape index (κ2) is 9.66. The van der Waals surface area contributed by atoms with Crippen molar-refractivity contribution >= 4 is 23.1 Å². The predicted molar refractivity (Wildman–Crippen MR) is 119 cm³/mol. The van der Waals surface area contributed by atoms with Gasteiger partial charge in [0.2, 0.25) is 0 Å². The van der Waals surface area contributed by atoms with Crippen LogP contribution in [0.1, 0.15) is 19.4 Å². The highest BCUT2D eigenvalue weighted by Gasteiger charge is 2.41. The Morgan fingerprint density at radius 2 is 1.74 bits per heavy atom. The van der Waals surface area contributed by atoms with Crippen molar-refractivity contribution in [1.82, 2.24) is 4.90 Å². The molecule has 7 nitrogen and oxygen atoms in total. The van der Waals surface area contributed by atoms with Gasteiger partial charge in [0.25, 0.3) is 11.8 Å². The molecule has 2 aromatic rings. The Labute approximate surface area is 182 Å². The maximum Gasteiger partial charge on any atom is 0.282 e.